The number of nitrogens with zero attached hydrogens (tertiary/aromatic N) is 1. The molecule has 4 heteroatoms. The van der Waals surface area contributed by atoms with Gasteiger partial charge in [0.2, 0.25) is 11.8 Å². The summed E-state index contributed by atoms with van der Waals surface area (Å²) in [5, 5.41) is 3.20. The highest BCUT2D eigenvalue weighted by Gasteiger charge is 2.35. The lowest BCUT2D eigenvalue weighted by Crippen LogP contribution is -2.44. The number of likely N-dealkylation sites (tertiary alicyclic amines) is 1. The summed E-state index contributed by atoms with van der Waals surface area (Å²) < 4.78 is 0. The monoisotopic (exact) mass is 314 g/mol. The van der Waals surface area contributed by atoms with Crippen LogP contribution in [0.2, 0.25) is 0 Å². The van der Waals surface area contributed by atoms with Crippen molar-refractivity contribution < 1.29 is 9.59 Å². The van der Waals surface area contributed by atoms with Crippen LogP contribution in [0.25, 0.3) is 0 Å². The number of carbonyl (C=O) groups is 2. The summed E-state index contributed by atoms with van der Waals surface area (Å²) in [6.07, 6.45) is 5.06. The molecule has 3 atom stereocenters. The first-order chi connectivity index (χ1) is 11.1. The van der Waals surface area contributed by atoms with Crippen molar-refractivity contribution in [3.05, 3.63) is 35.9 Å². The minimum atomic E-state index is -0.194. The van der Waals surface area contributed by atoms with Crippen LogP contribution < -0.4 is 5.32 Å². The molecule has 0 spiro atoms. The molecule has 1 aromatic carbocycles. The minimum Gasteiger partial charge on any atom is -0.353 e. The number of amides is 2. The zero-order chi connectivity index (χ0) is 16.2. The van der Waals surface area contributed by atoms with Gasteiger partial charge in [0.15, 0.2) is 0 Å². The van der Waals surface area contributed by atoms with Gasteiger partial charge < -0.3 is 10.2 Å². The fourth-order valence-corrected chi connectivity index (χ4v) is 3.74. The van der Waals surface area contributed by atoms with E-state index in [4.69, 9.17) is 0 Å². The van der Waals surface area contributed by atoms with Gasteiger partial charge in [0.05, 0.1) is 5.92 Å². The van der Waals surface area contributed by atoms with Crippen molar-refractivity contribution in [1.29, 1.82) is 0 Å². The standard InChI is InChI=1S/C19H26N2O2/c1-14-7-5-6-10-17(14)20-19(23)16-11-18(22)21(13-16)12-15-8-3-2-4-9-15/h2-4,8-9,14,16-17H,5-7,10-13H2,1H3,(H,20,23)/t14-,16+,17-/m1/s1. The lowest BCUT2D eigenvalue weighted by atomic mass is 9.85. The minimum absolute atomic E-state index is 0.0626. The van der Waals surface area contributed by atoms with Crippen LogP contribution in [0.5, 0.6) is 0 Å². The van der Waals surface area contributed by atoms with Gasteiger partial charge in [0.25, 0.3) is 0 Å². The van der Waals surface area contributed by atoms with Crippen LogP contribution in [0.3, 0.4) is 0 Å². The van der Waals surface area contributed by atoms with Gasteiger partial charge >= 0.3 is 0 Å². The van der Waals surface area contributed by atoms with Crippen LogP contribution in [0.1, 0.15) is 44.6 Å². The quantitative estimate of drug-likeness (QED) is 0.929. The fourth-order valence-electron chi connectivity index (χ4n) is 3.74. The second-order valence-electron chi connectivity index (χ2n) is 7.04. The lowest BCUT2D eigenvalue weighted by molar-refractivity contribution is -0.129. The highest BCUT2D eigenvalue weighted by Crippen LogP contribution is 2.25. The molecule has 0 unspecified atom stereocenters. The van der Waals surface area contributed by atoms with Gasteiger partial charge in [-0.25, -0.2) is 0 Å². The molecule has 23 heavy (non-hydrogen) atoms. The maximum absolute atomic E-state index is 12.5. The molecular weight excluding hydrogens is 288 g/mol. The molecule has 0 radical (unpaired) electrons. The number of hydrogen-bond donors (Lipinski definition) is 1. The van der Waals surface area contributed by atoms with E-state index in [0.29, 0.717) is 25.4 Å². The Kier molecular flexibility index (Phi) is 4.99. The van der Waals surface area contributed by atoms with Crippen LogP contribution in [-0.4, -0.2) is 29.3 Å². The highest BCUT2D eigenvalue weighted by molar-refractivity contribution is 5.89. The van der Waals surface area contributed by atoms with Gasteiger partial charge in [-0.05, 0) is 24.3 Å². The molecule has 0 aromatic heterocycles. The van der Waals surface area contributed by atoms with Crippen molar-refractivity contribution in [2.45, 2.75) is 51.6 Å². The van der Waals surface area contributed by atoms with E-state index in [2.05, 4.69) is 12.2 Å². The third-order valence-corrected chi connectivity index (χ3v) is 5.24. The highest BCUT2D eigenvalue weighted by atomic mass is 16.2. The first-order valence-corrected chi connectivity index (χ1v) is 8.75. The maximum Gasteiger partial charge on any atom is 0.225 e. The van der Waals surface area contributed by atoms with E-state index in [9.17, 15) is 9.59 Å². The Labute approximate surface area is 138 Å². The van der Waals surface area contributed by atoms with Crippen molar-refractivity contribution >= 4 is 11.8 Å². The Morgan fingerprint density at radius 3 is 2.70 bits per heavy atom. The Balaban J connectivity index is 1.55. The van der Waals surface area contributed by atoms with E-state index in [1.54, 1.807) is 0 Å². The second-order valence-corrected chi connectivity index (χ2v) is 7.04. The molecule has 1 saturated heterocycles. The smallest absolute Gasteiger partial charge is 0.225 e. The van der Waals surface area contributed by atoms with Gasteiger partial charge in [-0.1, -0.05) is 50.1 Å². The number of carbonyl (C=O) groups excluding carboxylic acids is 2. The predicted octanol–water partition coefficient (Wildman–Crippen LogP) is 2.73. The molecule has 2 amide bonds. The number of rotatable bonds is 4. The molecule has 1 saturated carbocycles. The van der Waals surface area contributed by atoms with Crippen molar-refractivity contribution in [3.63, 3.8) is 0 Å². The van der Waals surface area contributed by atoms with E-state index >= 15 is 0 Å². The number of nitrogens with one attached hydrogen (secondary N) is 1. The topological polar surface area (TPSA) is 49.4 Å². The molecule has 4 nitrogen and oxygen atoms in total. The summed E-state index contributed by atoms with van der Waals surface area (Å²) in [6, 6.07) is 10.2. The number of hydrogen-bond acceptors (Lipinski definition) is 2. The molecule has 1 aromatic rings. The first-order valence-electron chi connectivity index (χ1n) is 8.75. The maximum atomic E-state index is 12.5. The Bertz CT molecular complexity index is 558. The third-order valence-electron chi connectivity index (χ3n) is 5.24. The van der Waals surface area contributed by atoms with Gasteiger partial charge in [0, 0.05) is 25.6 Å². The fraction of sp³-hybridized carbons (Fsp3) is 0.579. The first kappa shape index (κ1) is 16.0. The Morgan fingerprint density at radius 2 is 1.96 bits per heavy atom. The van der Waals surface area contributed by atoms with Gasteiger partial charge in [0.1, 0.15) is 0 Å². The average molecular weight is 314 g/mol. The second kappa shape index (κ2) is 7.16. The Hall–Kier alpha value is -1.84. The van der Waals surface area contributed by atoms with Crippen molar-refractivity contribution in [2.24, 2.45) is 11.8 Å². The third kappa shape index (κ3) is 3.92. The summed E-state index contributed by atoms with van der Waals surface area (Å²) in [6.45, 7) is 3.36. The molecule has 0 bridgehead atoms. The van der Waals surface area contributed by atoms with E-state index in [1.807, 2.05) is 35.2 Å². The van der Waals surface area contributed by atoms with Crippen LogP contribution in [0, 0.1) is 11.8 Å². The molecule has 1 N–H and O–H groups in total. The summed E-state index contributed by atoms with van der Waals surface area (Å²) in [5.41, 5.74) is 1.11. The van der Waals surface area contributed by atoms with E-state index in [-0.39, 0.29) is 23.8 Å². The largest absolute Gasteiger partial charge is 0.353 e. The summed E-state index contributed by atoms with van der Waals surface area (Å²) >= 11 is 0. The van der Waals surface area contributed by atoms with Crippen molar-refractivity contribution in [1.82, 2.24) is 10.2 Å². The molecule has 1 aliphatic heterocycles. The molecule has 1 aliphatic carbocycles. The van der Waals surface area contributed by atoms with Gasteiger partial charge in [-0.15, -0.1) is 0 Å². The van der Waals surface area contributed by atoms with Crippen LogP contribution in [-0.2, 0) is 16.1 Å². The molecule has 2 aliphatic rings. The van der Waals surface area contributed by atoms with E-state index < -0.39 is 0 Å². The molecule has 124 valence electrons. The van der Waals surface area contributed by atoms with Crippen molar-refractivity contribution in [2.75, 3.05) is 6.54 Å². The number of benzene rings is 1. The van der Waals surface area contributed by atoms with E-state index in [0.717, 1.165) is 12.0 Å². The Morgan fingerprint density at radius 1 is 1.22 bits per heavy atom. The van der Waals surface area contributed by atoms with E-state index in [1.165, 1.54) is 19.3 Å². The average Bonchev–Trinajstić information content (AvgIpc) is 2.92. The van der Waals surface area contributed by atoms with Crippen LogP contribution >= 0.6 is 0 Å². The molecule has 1 heterocycles. The van der Waals surface area contributed by atoms with Crippen molar-refractivity contribution in [3.8, 4) is 0 Å². The molecule has 2 fully saturated rings. The van der Waals surface area contributed by atoms with Crippen LogP contribution in [0.4, 0.5) is 0 Å². The normalized spacial score (nSPS) is 28.0. The molecular formula is C19H26N2O2. The predicted molar refractivity (Wildman–Crippen MR) is 89.5 cm³/mol. The SMILES string of the molecule is C[C@@H]1CCCC[C@H]1NC(=O)[C@H]1CC(=O)N(Cc2ccccc2)C1. The van der Waals surface area contributed by atoms with Gasteiger partial charge in [-0.2, -0.15) is 0 Å². The summed E-state index contributed by atoms with van der Waals surface area (Å²) in [5.74, 6) is 0.504. The summed E-state index contributed by atoms with van der Waals surface area (Å²) in [7, 11) is 0. The van der Waals surface area contributed by atoms with Gasteiger partial charge in [-0.3, -0.25) is 9.59 Å². The lowest BCUT2D eigenvalue weighted by Gasteiger charge is -2.30. The zero-order valence-corrected chi connectivity index (χ0v) is 13.8. The zero-order valence-electron chi connectivity index (χ0n) is 13.8. The summed E-state index contributed by atoms with van der Waals surface area (Å²) in [4.78, 5) is 26.5. The molecule has 3 rings (SSSR count). The van der Waals surface area contributed by atoms with Crippen LogP contribution in [0.15, 0.2) is 30.3 Å².